The summed E-state index contributed by atoms with van der Waals surface area (Å²) in [5, 5.41) is 3.57. The zero-order chi connectivity index (χ0) is 19.1. The highest BCUT2D eigenvalue weighted by Crippen LogP contribution is 2.22. The molecular weight excluding hydrogens is 348 g/mol. The molecule has 1 aromatic heterocycles. The lowest BCUT2D eigenvalue weighted by atomic mass is 10.2. The number of thioether (sulfide) groups is 1. The van der Waals surface area contributed by atoms with E-state index in [1.54, 1.807) is 11.1 Å². The first-order chi connectivity index (χ1) is 12.4. The third-order valence-corrected chi connectivity index (χ3v) is 4.78. The predicted octanol–water partition coefficient (Wildman–Crippen LogP) is 2.65. The monoisotopic (exact) mass is 374 g/mol. The molecule has 0 bridgehead atoms. The van der Waals surface area contributed by atoms with Crippen molar-refractivity contribution in [3.8, 4) is 5.69 Å². The standard InChI is InChI=1S/C19H26N4O2S/c1-5-22(12-17(24)21-14(2)3)18(25)13-26-19-20-10-11-23(19)16-9-7-6-8-15(16)4/h6-11,14H,5,12-13H2,1-4H3,(H,21,24). The first kappa shape index (κ1) is 20.0. The number of carbonyl (C=O) groups excluding carboxylic acids is 2. The second-order valence-electron chi connectivity index (χ2n) is 6.29. The van der Waals surface area contributed by atoms with E-state index in [2.05, 4.69) is 10.3 Å². The van der Waals surface area contributed by atoms with Gasteiger partial charge in [0, 0.05) is 25.0 Å². The molecule has 26 heavy (non-hydrogen) atoms. The van der Waals surface area contributed by atoms with Gasteiger partial charge in [-0.15, -0.1) is 0 Å². The van der Waals surface area contributed by atoms with E-state index in [-0.39, 0.29) is 30.2 Å². The zero-order valence-corrected chi connectivity index (χ0v) is 16.5. The van der Waals surface area contributed by atoms with Crippen LogP contribution in [0.1, 0.15) is 26.3 Å². The number of likely N-dealkylation sites (N-methyl/N-ethyl adjacent to an activating group) is 1. The number of imidazole rings is 1. The molecular formula is C19H26N4O2S. The Morgan fingerprint density at radius 3 is 2.69 bits per heavy atom. The summed E-state index contributed by atoms with van der Waals surface area (Å²) in [6.07, 6.45) is 3.62. The van der Waals surface area contributed by atoms with Gasteiger partial charge in [0.25, 0.3) is 0 Å². The molecule has 0 radical (unpaired) electrons. The first-order valence-corrected chi connectivity index (χ1v) is 9.70. The summed E-state index contributed by atoms with van der Waals surface area (Å²) in [5.41, 5.74) is 2.18. The topological polar surface area (TPSA) is 67.2 Å². The molecule has 0 saturated carbocycles. The fraction of sp³-hybridized carbons (Fsp3) is 0.421. The Hall–Kier alpha value is -2.28. The number of aryl methyl sites for hydroxylation is 1. The largest absolute Gasteiger partial charge is 0.352 e. The minimum absolute atomic E-state index is 0.0623. The maximum Gasteiger partial charge on any atom is 0.239 e. The Morgan fingerprint density at radius 1 is 1.31 bits per heavy atom. The van der Waals surface area contributed by atoms with Crippen molar-refractivity contribution in [1.29, 1.82) is 0 Å². The van der Waals surface area contributed by atoms with Gasteiger partial charge in [-0.05, 0) is 39.3 Å². The van der Waals surface area contributed by atoms with E-state index in [1.165, 1.54) is 11.8 Å². The Bertz CT molecular complexity index is 758. The summed E-state index contributed by atoms with van der Waals surface area (Å²) in [7, 11) is 0. The van der Waals surface area contributed by atoms with E-state index in [4.69, 9.17) is 0 Å². The molecule has 7 heteroatoms. The molecule has 0 aliphatic heterocycles. The molecule has 2 aromatic rings. The molecule has 0 fully saturated rings. The number of nitrogens with zero attached hydrogens (tertiary/aromatic N) is 3. The van der Waals surface area contributed by atoms with Crippen molar-refractivity contribution in [2.45, 2.75) is 38.9 Å². The molecule has 0 unspecified atom stereocenters. The van der Waals surface area contributed by atoms with Crippen LogP contribution >= 0.6 is 11.8 Å². The average molecular weight is 375 g/mol. The average Bonchev–Trinajstić information content (AvgIpc) is 3.05. The number of amides is 2. The normalized spacial score (nSPS) is 10.8. The van der Waals surface area contributed by atoms with Gasteiger partial charge >= 0.3 is 0 Å². The van der Waals surface area contributed by atoms with Crippen molar-refractivity contribution in [2.75, 3.05) is 18.8 Å². The van der Waals surface area contributed by atoms with Crippen molar-refractivity contribution in [2.24, 2.45) is 0 Å². The Kier molecular flexibility index (Phi) is 7.26. The van der Waals surface area contributed by atoms with Gasteiger partial charge in [-0.2, -0.15) is 0 Å². The van der Waals surface area contributed by atoms with Crippen LogP contribution in [-0.2, 0) is 9.59 Å². The molecule has 0 aliphatic carbocycles. The highest BCUT2D eigenvalue weighted by atomic mass is 32.2. The maximum absolute atomic E-state index is 12.5. The van der Waals surface area contributed by atoms with E-state index in [1.807, 2.05) is 62.7 Å². The van der Waals surface area contributed by atoms with Gasteiger partial charge in [0.05, 0.1) is 18.0 Å². The van der Waals surface area contributed by atoms with Crippen molar-refractivity contribution >= 4 is 23.6 Å². The van der Waals surface area contributed by atoms with Crippen LogP contribution in [0.15, 0.2) is 41.8 Å². The molecule has 0 saturated heterocycles. The molecule has 0 atom stereocenters. The third-order valence-electron chi connectivity index (χ3n) is 3.83. The molecule has 1 aromatic carbocycles. The molecule has 2 rings (SSSR count). The summed E-state index contributed by atoms with van der Waals surface area (Å²) in [5.74, 6) is 0.0310. The second-order valence-corrected chi connectivity index (χ2v) is 7.23. The van der Waals surface area contributed by atoms with E-state index in [9.17, 15) is 9.59 Å². The second kappa shape index (κ2) is 9.43. The van der Waals surface area contributed by atoms with Crippen LogP contribution in [0.25, 0.3) is 5.69 Å². The van der Waals surface area contributed by atoms with Gasteiger partial charge in [0.2, 0.25) is 11.8 Å². The van der Waals surface area contributed by atoms with Gasteiger partial charge in [0.1, 0.15) is 0 Å². The molecule has 1 heterocycles. The Morgan fingerprint density at radius 2 is 2.04 bits per heavy atom. The van der Waals surface area contributed by atoms with Crippen molar-refractivity contribution < 1.29 is 9.59 Å². The van der Waals surface area contributed by atoms with Crippen LogP contribution in [0, 0.1) is 6.92 Å². The lowest BCUT2D eigenvalue weighted by molar-refractivity contribution is -0.134. The number of carbonyl (C=O) groups is 2. The number of aromatic nitrogens is 2. The predicted molar refractivity (Wildman–Crippen MR) is 105 cm³/mol. The summed E-state index contributed by atoms with van der Waals surface area (Å²) < 4.78 is 1.98. The minimum Gasteiger partial charge on any atom is -0.352 e. The third kappa shape index (κ3) is 5.36. The number of para-hydroxylation sites is 1. The Balaban J connectivity index is 2.00. The number of hydrogen-bond acceptors (Lipinski definition) is 4. The lowest BCUT2D eigenvalue weighted by Gasteiger charge is -2.21. The van der Waals surface area contributed by atoms with Crippen molar-refractivity contribution in [3.05, 3.63) is 42.2 Å². The number of nitrogens with one attached hydrogen (secondary N) is 1. The van der Waals surface area contributed by atoms with E-state index in [0.717, 1.165) is 16.4 Å². The van der Waals surface area contributed by atoms with Crippen LogP contribution in [0.3, 0.4) is 0 Å². The van der Waals surface area contributed by atoms with E-state index < -0.39 is 0 Å². The highest BCUT2D eigenvalue weighted by molar-refractivity contribution is 7.99. The summed E-state index contributed by atoms with van der Waals surface area (Å²) in [6.45, 7) is 8.30. The van der Waals surface area contributed by atoms with Crippen LogP contribution in [0.2, 0.25) is 0 Å². The zero-order valence-electron chi connectivity index (χ0n) is 15.7. The fourth-order valence-electron chi connectivity index (χ4n) is 2.55. The first-order valence-electron chi connectivity index (χ1n) is 8.71. The lowest BCUT2D eigenvalue weighted by Crippen LogP contribution is -2.43. The summed E-state index contributed by atoms with van der Waals surface area (Å²) >= 11 is 1.38. The van der Waals surface area contributed by atoms with Gasteiger partial charge < -0.3 is 10.2 Å². The van der Waals surface area contributed by atoms with E-state index >= 15 is 0 Å². The van der Waals surface area contributed by atoms with Crippen LogP contribution in [-0.4, -0.2) is 51.1 Å². The summed E-state index contributed by atoms with van der Waals surface area (Å²) in [6, 6.07) is 8.10. The molecule has 6 nitrogen and oxygen atoms in total. The molecule has 2 amide bonds. The van der Waals surface area contributed by atoms with Gasteiger partial charge in [-0.1, -0.05) is 30.0 Å². The van der Waals surface area contributed by atoms with Gasteiger partial charge in [-0.3, -0.25) is 14.2 Å². The molecule has 0 spiro atoms. The molecule has 140 valence electrons. The van der Waals surface area contributed by atoms with Crippen LogP contribution in [0.5, 0.6) is 0 Å². The molecule has 0 aliphatic rings. The van der Waals surface area contributed by atoms with Crippen molar-refractivity contribution in [3.63, 3.8) is 0 Å². The SMILES string of the molecule is CCN(CC(=O)NC(C)C)C(=O)CSc1nccn1-c1ccccc1C. The van der Waals surface area contributed by atoms with Crippen LogP contribution < -0.4 is 5.32 Å². The smallest absolute Gasteiger partial charge is 0.239 e. The fourth-order valence-corrected chi connectivity index (χ4v) is 3.42. The van der Waals surface area contributed by atoms with Crippen molar-refractivity contribution in [1.82, 2.24) is 19.8 Å². The minimum atomic E-state index is -0.137. The van der Waals surface area contributed by atoms with E-state index in [0.29, 0.717) is 6.54 Å². The number of rotatable bonds is 8. The van der Waals surface area contributed by atoms with Gasteiger partial charge in [0.15, 0.2) is 5.16 Å². The molecule has 1 N–H and O–H groups in total. The Labute approximate surface area is 159 Å². The summed E-state index contributed by atoms with van der Waals surface area (Å²) in [4.78, 5) is 30.3. The number of hydrogen-bond donors (Lipinski definition) is 1. The quantitative estimate of drug-likeness (QED) is 0.722. The van der Waals surface area contributed by atoms with Gasteiger partial charge in [-0.25, -0.2) is 4.98 Å². The van der Waals surface area contributed by atoms with Crippen LogP contribution in [0.4, 0.5) is 0 Å². The number of benzene rings is 1. The highest BCUT2D eigenvalue weighted by Gasteiger charge is 2.17. The maximum atomic E-state index is 12.5.